The van der Waals surface area contributed by atoms with Crippen molar-refractivity contribution in [1.82, 2.24) is 0 Å². The number of benzene rings is 3. The van der Waals surface area contributed by atoms with Crippen LogP contribution < -0.4 is 14.4 Å². The Morgan fingerprint density at radius 1 is 0.778 bits per heavy atom. The van der Waals surface area contributed by atoms with Gasteiger partial charge in [-0.3, -0.25) is 19.2 Å². The third kappa shape index (κ3) is 2.73. The maximum absolute atomic E-state index is 14.1. The molecule has 8 heteroatoms. The van der Waals surface area contributed by atoms with E-state index in [1.54, 1.807) is 60.7 Å². The highest BCUT2D eigenvalue weighted by Gasteiger charge is 2.74. The maximum atomic E-state index is 14.1. The lowest BCUT2D eigenvalue weighted by Gasteiger charge is -2.27. The first-order valence-corrected chi connectivity index (χ1v) is 11.4. The molecule has 3 atom stereocenters. The molecule has 6 rings (SSSR count). The van der Waals surface area contributed by atoms with Crippen LogP contribution in [0.1, 0.15) is 32.4 Å². The van der Waals surface area contributed by atoms with Gasteiger partial charge in [0.1, 0.15) is 11.5 Å². The Hall–Kier alpha value is -4.30. The zero-order valence-corrected chi connectivity index (χ0v) is 19.5. The topological polar surface area (TPSA) is 99.2 Å². The van der Waals surface area contributed by atoms with Crippen molar-refractivity contribution in [2.45, 2.75) is 11.7 Å². The monoisotopic (exact) mass is 483 g/mol. The zero-order chi connectivity index (χ0) is 25.2. The van der Waals surface area contributed by atoms with Crippen LogP contribution in [-0.2, 0) is 14.3 Å². The number of ketones is 2. The number of Topliss-reactive ketones (excluding diaryl/α,β-unsaturated/α-hetero) is 2. The van der Waals surface area contributed by atoms with Gasteiger partial charge in [0.15, 0.2) is 0 Å². The summed E-state index contributed by atoms with van der Waals surface area (Å²) in [7, 11) is 2.89. The van der Waals surface area contributed by atoms with E-state index in [0.29, 0.717) is 11.3 Å². The Morgan fingerprint density at radius 3 is 2.03 bits per heavy atom. The van der Waals surface area contributed by atoms with E-state index in [0.717, 1.165) is 4.90 Å². The van der Waals surface area contributed by atoms with Crippen molar-refractivity contribution in [2.24, 2.45) is 11.8 Å². The van der Waals surface area contributed by atoms with E-state index in [4.69, 9.17) is 14.2 Å². The number of carbonyl (C=O) groups is 4. The summed E-state index contributed by atoms with van der Waals surface area (Å²) in [5.74, 6) is -4.19. The van der Waals surface area contributed by atoms with Crippen molar-refractivity contribution in [3.8, 4) is 11.5 Å². The first-order chi connectivity index (χ1) is 17.4. The van der Waals surface area contributed by atoms with E-state index in [1.165, 1.54) is 20.3 Å². The van der Waals surface area contributed by atoms with E-state index in [2.05, 4.69) is 0 Å². The number of imide groups is 1. The van der Waals surface area contributed by atoms with Gasteiger partial charge < -0.3 is 14.2 Å². The summed E-state index contributed by atoms with van der Waals surface area (Å²) in [6.45, 7) is 0. The van der Waals surface area contributed by atoms with Gasteiger partial charge in [-0.1, -0.05) is 54.6 Å². The minimum atomic E-state index is -2.12. The third-order valence-corrected chi connectivity index (χ3v) is 7.27. The molecule has 3 aromatic carbocycles. The normalized spacial score (nSPS) is 23.8. The maximum Gasteiger partial charge on any atom is 0.241 e. The van der Waals surface area contributed by atoms with Gasteiger partial charge in [-0.15, -0.1) is 0 Å². The molecule has 2 saturated heterocycles. The van der Waals surface area contributed by atoms with Crippen LogP contribution in [0.25, 0.3) is 0 Å². The number of hydrogen-bond donors (Lipinski definition) is 0. The summed E-state index contributed by atoms with van der Waals surface area (Å²) in [5.41, 5.74) is -0.969. The molecule has 8 nitrogen and oxygen atoms in total. The number of fused-ring (bicyclic) bond motifs is 3. The largest absolute Gasteiger partial charge is 0.497 e. The molecule has 2 heterocycles. The van der Waals surface area contributed by atoms with Crippen molar-refractivity contribution < 1.29 is 33.4 Å². The second-order valence-electron chi connectivity index (χ2n) is 8.94. The van der Waals surface area contributed by atoms with Gasteiger partial charge in [-0.05, 0) is 17.7 Å². The molecule has 36 heavy (non-hydrogen) atoms. The van der Waals surface area contributed by atoms with E-state index in [1.807, 2.05) is 6.07 Å². The van der Waals surface area contributed by atoms with E-state index < -0.39 is 46.9 Å². The standard InChI is InChI=1S/C28H21NO7/c1-34-16-12-13-20(35-2)19(14-16)29-26(32)21-22(27(29)33)28(36-23(21)15-8-4-3-5-9-15)24(30)17-10-6-7-11-18(17)25(28)31/h3-14,21-23H,1-2H3/t21-,22-,23+/m0/s1. The molecular weight excluding hydrogens is 462 g/mol. The predicted molar refractivity (Wildman–Crippen MR) is 127 cm³/mol. The van der Waals surface area contributed by atoms with Crippen LogP contribution in [0.2, 0.25) is 0 Å². The van der Waals surface area contributed by atoms with Crippen LogP contribution >= 0.6 is 0 Å². The molecule has 0 radical (unpaired) electrons. The molecule has 3 aliphatic rings. The van der Waals surface area contributed by atoms with Crippen molar-refractivity contribution in [3.63, 3.8) is 0 Å². The minimum absolute atomic E-state index is 0.179. The van der Waals surface area contributed by atoms with E-state index in [9.17, 15) is 19.2 Å². The summed E-state index contributed by atoms with van der Waals surface area (Å²) in [5, 5.41) is 0. The van der Waals surface area contributed by atoms with Crippen molar-refractivity contribution in [1.29, 1.82) is 0 Å². The fourth-order valence-electron chi connectivity index (χ4n) is 5.67. The van der Waals surface area contributed by atoms with Crippen LogP contribution in [0, 0.1) is 11.8 Å². The molecule has 1 spiro atoms. The fraction of sp³-hybridized carbons (Fsp3) is 0.214. The van der Waals surface area contributed by atoms with Gasteiger partial charge in [0.25, 0.3) is 0 Å². The van der Waals surface area contributed by atoms with Crippen molar-refractivity contribution in [2.75, 3.05) is 19.1 Å². The summed E-state index contributed by atoms with van der Waals surface area (Å²) >= 11 is 0. The molecule has 0 saturated carbocycles. The second kappa shape index (κ2) is 7.86. The van der Waals surface area contributed by atoms with Crippen LogP contribution in [0.5, 0.6) is 11.5 Å². The summed E-state index contributed by atoms with van der Waals surface area (Å²) in [6.07, 6.45) is -0.975. The first-order valence-electron chi connectivity index (χ1n) is 11.4. The average Bonchev–Trinajstić information content (AvgIpc) is 3.48. The van der Waals surface area contributed by atoms with Gasteiger partial charge in [-0.2, -0.15) is 0 Å². The number of hydrogen-bond acceptors (Lipinski definition) is 7. The highest BCUT2D eigenvalue weighted by Crippen LogP contribution is 2.58. The Morgan fingerprint density at radius 2 is 1.42 bits per heavy atom. The van der Waals surface area contributed by atoms with Crippen LogP contribution in [-0.4, -0.2) is 43.2 Å². The summed E-state index contributed by atoms with van der Waals surface area (Å²) in [4.78, 5) is 56.6. The number of methoxy groups -OCH3 is 2. The van der Waals surface area contributed by atoms with E-state index in [-0.39, 0.29) is 22.6 Å². The summed E-state index contributed by atoms with van der Waals surface area (Å²) < 4.78 is 17.0. The Kier molecular flexibility index (Phi) is 4.84. The molecule has 2 amide bonds. The van der Waals surface area contributed by atoms with Crippen molar-refractivity contribution >= 4 is 29.1 Å². The number of amides is 2. The first kappa shape index (κ1) is 22.2. The smallest absolute Gasteiger partial charge is 0.241 e. The Labute approximate surface area is 206 Å². The SMILES string of the molecule is COc1ccc(OC)c(N2C(=O)[C@@H]3[C@@H](c4ccccc4)OC4(C(=O)c5ccccc5C4=O)[C@@H]3C2=O)c1. The predicted octanol–water partition coefficient (Wildman–Crippen LogP) is 3.40. The van der Waals surface area contributed by atoms with Gasteiger partial charge in [-0.25, -0.2) is 4.90 Å². The number of ether oxygens (including phenoxy) is 3. The third-order valence-electron chi connectivity index (χ3n) is 7.27. The Balaban J connectivity index is 1.56. The average molecular weight is 483 g/mol. The lowest BCUT2D eigenvalue weighted by atomic mass is 9.77. The van der Waals surface area contributed by atoms with Crippen LogP contribution in [0.15, 0.2) is 72.8 Å². The molecule has 1 aliphatic carbocycles. The summed E-state index contributed by atoms with van der Waals surface area (Å²) in [6, 6.07) is 20.0. The van der Waals surface area contributed by atoms with E-state index >= 15 is 0 Å². The van der Waals surface area contributed by atoms with Gasteiger partial charge >= 0.3 is 0 Å². The molecule has 0 unspecified atom stereocenters. The zero-order valence-electron chi connectivity index (χ0n) is 19.5. The quantitative estimate of drug-likeness (QED) is 0.414. The molecular formula is C28H21NO7. The molecule has 0 N–H and O–H groups in total. The highest BCUT2D eigenvalue weighted by molar-refractivity contribution is 6.37. The molecule has 3 aromatic rings. The van der Waals surface area contributed by atoms with Gasteiger partial charge in [0.05, 0.1) is 37.8 Å². The second-order valence-corrected chi connectivity index (χ2v) is 8.94. The molecule has 0 bridgehead atoms. The van der Waals surface area contributed by atoms with Crippen LogP contribution in [0.4, 0.5) is 5.69 Å². The lowest BCUT2D eigenvalue weighted by Crippen LogP contribution is -2.51. The number of rotatable bonds is 4. The minimum Gasteiger partial charge on any atom is -0.497 e. The Bertz CT molecular complexity index is 1410. The van der Waals surface area contributed by atoms with Crippen LogP contribution in [0.3, 0.4) is 0 Å². The highest BCUT2D eigenvalue weighted by atomic mass is 16.5. The lowest BCUT2D eigenvalue weighted by molar-refractivity contribution is -0.127. The number of nitrogens with zero attached hydrogens (tertiary/aromatic N) is 1. The molecule has 180 valence electrons. The fourth-order valence-corrected chi connectivity index (χ4v) is 5.67. The molecule has 2 fully saturated rings. The van der Waals surface area contributed by atoms with Gasteiger partial charge in [0.2, 0.25) is 29.0 Å². The number of carbonyl (C=O) groups excluding carboxylic acids is 4. The number of anilines is 1. The van der Waals surface area contributed by atoms with Crippen molar-refractivity contribution in [3.05, 3.63) is 89.5 Å². The molecule has 0 aromatic heterocycles. The van der Waals surface area contributed by atoms with Gasteiger partial charge in [0, 0.05) is 17.2 Å². The molecule has 2 aliphatic heterocycles.